The first-order valence-corrected chi connectivity index (χ1v) is 8.27. The van der Waals surface area contributed by atoms with Crippen LogP contribution >= 0.6 is 11.8 Å². The van der Waals surface area contributed by atoms with Crippen LogP contribution in [0.2, 0.25) is 0 Å². The van der Waals surface area contributed by atoms with Crippen LogP contribution in [-0.4, -0.2) is 6.04 Å². The molecular formula is C19H18N2S. The minimum Gasteiger partial charge on any atom is -0.333 e. The highest BCUT2D eigenvalue weighted by Gasteiger charge is 2.27. The molecule has 0 amide bonds. The van der Waals surface area contributed by atoms with E-state index in [2.05, 4.69) is 49.6 Å². The molecule has 0 N–H and O–H groups in total. The van der Waals surface area contributed by atoms with Gasteiger partial charge in [0.15, 0.2) is 0 Å². The molecule has 3 heteroatoms. The number of benzene rings is 2. The zero-order valence-electron chi connectivity index (χ0n) is 12.8. The maximum absolute atomic E-state index is 9.28. The van der Waals surface area contributed by atoms with Crippen LogP contribution in [0.3, 0.4) is 0 Å². The smallest absolute Gasteiger partial charge is 0.0998 e. The zero-order valence-corrected chi connectivity index (χ0v) is 13.7. The molecular weight excluding hydrogens is 288 g/mol. The van der Waals surface area contributed by atoms with Gasteiger partial charge in [-0.05, 0) is 42.7 Å². The summed E-state index contributed by atoms with van der Waals surface area (Å²) in [5, 5.41) is 10.4. The molecule has 0 saturated heterocycles. The van der Waals surface area contributed by atoms with Gasteiger partial charge in [-0.25, -0.2) is 0 Å². The average molecular weight is 306 g/mol. The van der Waals surface area contributed by atoms with Crippen molar-refractivity contribution in [3.05, 3.63) is 59.6 Å². The van der Waals surface area contributed by atoms with Crippen molar-refractivity contribution in [3.8, 4) is 17.2 Å². The lowest BCUT2D eigenvalue weighted by atomic mass is 10.00. The summed E-state index contributed by atoms with van der Waals surface area (Å²) in [5.74, 6) is 0. The minimum absolute atomic E-state index is 0.443. The van der Waals surface area contributed by atoms with Gasteiger partial charge in [0.1, 0.15) is 0 Å². The molecule has 0 spiro atoms. The van der Waals surface area contributed by atoms with Crippen molar-refractivity contribution < 1.29 is 0 Å². The van der Waals surface area contributed by atoms with Crippen LogP contribution in [0.5, 0.6) is 0 Å². The lowest BCUT2D eigenvalue weighted by Gasteiger charge is -2.26. The number of hydrogen-bond donors (Lipinski definition) is 0. The van der Waals surface area contributed by atoms with Crippen LogP contribution in [0.4, 0.5) is 5.69 Å². The predicted molar refractivity (Wildman–Crippen MR) is 93.8 cm³/mol. The first-order valence-electron chi connectivity index (χ1n) is 7.45. The summed E-state index contributed by atoms with van der Waals surface area (Å²) in [6, 6.07) is 16.9. The number of nitrogens with zero attached hydrogens (tertiary/aromatic N) is 2. The fraction of sp³-hybridized carbons (Fsp3) is 0.211. The molecule has 0 bridgehead atoms. The molecule has 1 atom stereocenters. The average Bonchev–Trinajstić information content (AvgIpc) is 2.88. The predicted octanol–water partition coefficient (Wildman–Crippen LogP) is 5.41. The number of hydrogen-bond acceptors (Lipinski definition) is 3. The lowest BCUT2D eigenvalue weighted by molar-refractivity contribution is 0.680. The minimum atomic E-state index is 0.443. The number of fused-ring (bicyclic) bond motifs is 1. The van der Waals surface area contributed by atoms with E-state index in [0.717, 1.165) is 22.6 Å². The number of rotatable bonds is 3. The molecule has 0 saturated carbocycles. The van der Waals surface area contributed by atoms with Crippen molar-refractivity contribution >= 4 is 17.4 Å². The third-order valence-corrected chi connectivity index (χ3v) is 5.09. The van der Waals surface area contributed by atoms with Crippen LogP contribution in [0, 0.1) is 11.3 Å². The van der Waals surface area contributed by atoms with Gasteiger partial charge in [-0.3, -0.25) is 0 Å². The molecule has 1 aliphatic rings. The molecule has 0 radical (unpaired) electrons. The largest absolute Gasteiger partial charge is 0.333 e. The molecule has 2 aromatic rings. The van der Waals surface area contributed by atoms with Gasteiger partial charge in [-0.1, -0.05) is 49.5 Å². The number of nitriles is 1. The second kappa shape index (κ2) is 5.90. The molecule has 1 unspecified atom stereocenters. The van der Waals surface area contributed by atoms with Crippen molar-refractivity contribution in [1.82, 2.24) is 0 Å². The number of anilines is 1. The Hall–Kier alpha value is -2.18. The molecule has 2 aromatic carbocycles. The molecule has 1 heterocycles. The maximum Gasteiger partial charge on any atom is 0.0998 e. The second-order valence-corrected chi connectivity index (χ2v) is 6.58. The fourth-order valence-corrected chi connectivity index (χ4v) is 3.86. The molecule has 1 aliphatic heterocycles. The Kier molecular flexibility index (Phi) is 3.96. The van der Waals surface area contributed by atoms with E-state index in [1.54, 1.807) is 11.8 Å². The van der Waals surface area contributed by atoms with E-state index in [-0.39, 0.29) is 0 Å². The Morgan fingerprint density at radius 3 is 2.77 bits per heavy atom. The van der Waals surface area contributed by atoms with E-state index < -0.39 is 0 Å². The van der Waals surface area contributed by atoms with Gasteiger partial charge >= 0.3 is 0 Å². The molecule has 0 aliphatic carbocycles. The first kappa shape index (κ1) is 14.7. The van der Waals surface area contributed by atoms with Crippen LogP contribution < -0.4 is 4.90 Å². The molecule has 3 rings (SSSR count). The zero-order chi connectivity index (χ0) is 15.7. The molecule has 0 aromatic heterocycles. The summed E-state index contributed by atoms with van der Waals surface area (Å²) in [5.41, 5.74) is 4.01. The van der Waals surface area contributed by atoms with Gasteiger partial charge < -0.3 is 4.90 Å². The summed E-state index contributed by atoms with van der Waals surface area (Å²) in [6.45, 7) is 8.61. The highest BCUT2D eigenvalue weighted by Crippen LogP contribution is 2.48. The number of thioether (sulfide) groups is 1. The van der Waals surface area contributed by atoms with Gasteiger partial charge in [0.25, 0.3) is 0 Å². The Labute approximate surface area is 136 Å². The topological polar surface area (TPSA) is 27.0 Å². The van der Waals surface area contributed by atoms with Crippen molar-refractivity contribution in [2.24, 2.45) is 0 Å². The monoisotopic (exact) mass is 306 g/mol. The highest BCUT2D eigenvalue weighted by atomic mass is 32.2. The lowest BCUT2D eigenvalue weighted by Crippen LogP contribution is -2.27. The fourth-order valence-electron chi connectivity index (χ4n) is 2.77. The van der Waals surface area contributed by atoms with Crippen LogP contribution in [0.15, 0.2) is 59.0 Å². The molecule has 22 heavy (non-hydrogen) atoms. The van der Waals surface area contributed by atoms with Gasteiger partial charge in [0.05, 0.1) is 22.3 Å². The SMILES string of the molecule is C=C1Sc2cc(-c3ccccc3C#N)ccc2N1C(C)CC. The Morgan fingerprint density at radius 1 is 1.27 bits per heavy atom. The Bertz CT molecular complexity index is 773. The van der Waals surface area contributed by atoms with Crippen molar-refractivity contribution in [1.29, 1.82) is 5.26 Å². The summed E-state index contributed by atoms with van der Waals surface area (Å²) in [6.07, 6.45) is 1.08. The van der Waals surface area contributed by atoms with Crippen LogP contribution in [0.25, 0.3) is 11.1 Å². The van der Waals surface area contributed by atoms with E-state index in [1.165, 1.54) is 10.6 Å². The Morgan fingerprint density at radius 2 is 2.05 bits per heavy atom. The summed E-state index contributed by atoms with van der Waals surface area (Å²) in [4.78, 5) is 3.52. The van der Waals surface area contributed by atoms with E-state index in [9.17, 15) is 5.26 Å². The van der Waals surface area contributed by atoms with Gasteiger partial charge in [-0.2, -0.15) is 5.26 Å². The maximum atomic E-state index is 9.28. The summed E-state index contributed by atoms with van der Waals surface area (Å²) in [7, 11) is 0. The van der Waals surface area contributed by atoms with Crippen molar-refractivity contribution in [3.63, 3.8) is 0 Å². The van der Waals surface area contributed by atoms with E-state index in [4.69, 9.17) is 0 Å². The molecule has 110 valence electrons. The quantitative estimate of drug-likeness (QED) is 0.759. The van der Waals surface area contributed by atoms with Gasteiger partial charge in [-0.15, -0.1) is 0 Å². The van der Waals surface area contributed by atoms with E-state index in [0.29, 0.717) is 11.6 Å². The third-order valence-electron chi connectivity index (χ3n) is 4.11. The first-order chi connectivity index (χ1) is 10.7. The Balaban J connectivity index is 2.05. The van der Waals surface area contributed by atoms with Gasteiger partial charge in [0, 0.05) is 10.9 Å². The standard InChI is InChI=1S/C19H18N2S/c1-4-13(2)21-14(3)22-19-11-15(9-10-18(19)21)17-8-6-5-7-16(17)12-20/h5-11,13H,3-4H2,1-2H3. The van der Waals surface area contributed by atoms with Crippen molar-refractivity contribution in [2.75, 3.05) is 4.90 Å². The third kappa shape index (κ3) is 2.40. The van der Waals surface area contributed by atoms with E-state index in [1.807, 2.05) is 24.3 Å². The van der Waals surface area contributed by atoms with Gasteiger partial charge in [0.2, 0.25) is 0 Å². The van der Waals surface area contributed by atoms with Crippen molar-refractivity contribution in [2.45, 2.75) is 31.2 Å². The second-order valence-electron chi connectivity index (χ2n) is 5.46. The molecule has 2 nitrogen and oxygen atoms in total. The van der Waals surface area contributed by atoms with Crippen LogP contribution in [0.1, 0.15) is 25.8 Å². The highest BCUT2D eigenvalue weighted by molar-refractivity contribution is 8.03. The normalized spacial score (nSPS) is 14.6. The molecule has 0 fully saturated rings. The summed E-state index contributed by atoms with van der Waals surface area (Å²) < 4.78 is 0. The van der Waals surface area contributed by atoms with E-state index >= 15 is 0 Å². The van der Waals surface area contributed by atoms with Crippen LogP contribution in [-0.2, 0) is 0 Å². The summed E-state index contributed by atoms with van der Waals surface area (Å²) >= 11 is 1.71.